The zero-order valence-corrected chi connectivity index (χ0v) is 18.1. The number of nitrogens with zero attached hydrogens (tertiary/aromatic N) is 2. The molecule has 0 aliphatic heterocycles. The van der Waals surface area contributed by atoms with Gasteiger partial charge in [-0.15, -0.1) is 12.4 Å². The molecular formula is C21H23ClFN5O3. The van der Waals surface area contributed by atoms with Crippen LogP contribution < -0.4 is 16.0 Å². The van der Waals surface area contributed by atoms with Gasteiger partial charge in [0.15, 0.2) is 0 Å². The Hall–Kier alpha value is -3.46. The van der Waals surface area contributed by atoms with Crippen LogP contribution in [0.3, 0.4) is 0 Å². The van der Waals surface area contributed by atoms with Crippen LogP contribution in [0.1, 0.15) is 18.1 Å². The maximum atomic E-state index is 13.8. The number of fused-ring (bicyclic) bond motifs is 1. The van der Waals surface area contributed by atoms with Gasteiger partial charge < -0.3 is 15.4 Å². The lowest BCUT2D eigenvalue weighted by Crippen LogP contribution is -2.28. The lowest BCUT2D eigenvalue weighted by Gasteiger charge is -2.15. The number of ether oxygens (including phenoxy) is 1. The van der Waals surface area contributed by atoms with Crippen LogP contribution in [-0.4, -0.2) is 35.7 Å². The molecule has 0 saturated carbocycles. The van der Waals surface area contributed by atoms with Crippen molar-refractivity contribution in [2.75, 3.05) is 19.0 Å². The van der Waals surface area contributed by atoms with Crippen molar-refractivity contribution in [1.82, 2.24) is 20.6 Å². The molecule has 31 heavy (non-hydrogen) atoms. The van der Waals surface area contributed by atoms with Crippen LogP contribution in [0.15, 0.2) is 36.7 Å². The molecule has 8 nitrogen and oxygen atoms in total. The Kier molecular flexibility index (Phi) is 8.09. The van der Waals surface area contributed by atoms with Gasteiger partial charge in [0, 0.05) is 36.9 Å². The molecule has 0 spiro atoms. The molecule has 164 valence electrons. The molecule has 2 aromatic heterocycles. The van der Waals surface area contributed by atoms with E-state index in [9.17, 15) is 14.0 Å². The minimum Gasteiger partial charge on any atom is -0.453 e. The number of methoxy groups -OCH3 is 1. The molecule has 1 aromatic carbocycles. The first-order valence-electron chi connectivity index (χ1n) is 9.33. The number of amides is 3. The summed E-state index contributed by atoms with van der Waals surface area (Å²) in [7, 11) is 1.29. The molecule has 0 bridgehead atoms. The summed E-state index contributed by atoms with van der Waals surface area (Å²) in [6.45, 7) is 4.35. The Bertz CT molecular complexity index is 1110. The fourth-order valence-corrected chi connectivity index (χ4v) is 3.10. The number of benzene rings is 1. The number of rotatable bonds is 5. The van der Waals surface area contributed by atoms with Crippen LogP contribution in [-0.2, 0) is 11.3 Å². The molecule has 2 heterocycles. The SMILES string of the molecule is CCNC(=O)Nc1cc2c(-c3cc(F)ncc3C)ccc(CNC(=O)OC)c2cn1.Cl. The second-order valence-corrected chi connectivity index (χ2v) is 6.54. The van der Waals surface area contributed by atoms with E-state index in [1.165, 1.54) is 19.4 Å². The van der Waals surface area contributed by atoms with Gasteiger partial charge >= 0.3 is 12.1 Å². The third kappa shape index (κ3) is 5.58. The molecule has 0 radical (unpaired) electrons. The van der Waals surface area contributed by atoms with E-state index >= 15 is 0 Å². The van der Waals surface area contributed by atoms with Crippen molar-refractivity contribution in [3.05, 3.63) is 53.7 Å². The predicted octanol–water partition coefficient (Wildman–Crippen LogP) is 4.16. The van der Waals surface area contributed by atoms with Gasteiger partial charge in [0.25, 0.3) is 0 Å². The van der Waals surface area contributed by atoms with Crippen molar-refractivity contribution in [3.8, 4) is 11.1 Å². The van der Waals surface area contributed by atoms with Crippen LogP contribution in [0.4, 0.5) is 19.8 Å². The summed E-state index contributed by atoms with van der Waals surface area (Å²) in [5.41, 5.74) is 3.03. The topological polar surface area (TPSA) is 105 Å². The number of pyridine rings is 2. The summed E-state index contributed by atoms with van der Waals surface area (Å²) in [5.74, 6) is -0.241. The molecule has 0 fully saturated rings. The lowest BCUT2D eigenvalue weighted by molar-refractivity contribution is 0.170. The molecule has 3 aromatic rings. The molecule has 3 amide bonds. The van der Waals surface area contributed by atoms with E-state index in [4.69, 9.17) is 0 Å². The van der Waals surface area contributed by atoms with Crippen LogP contribution in [0.5, 0.6) is 0 Å². The summed E-state index contributed by atoms with van der Waals surface area (Å²) < 4.78 is 18.5. The van der Waals surface area contributed by atoms with E-state index in [0.717, 1.165) is 27.5 Å². The van der Waals surface area contributed by atoms with Gasteiger partial charge in [-0.3, -0.25) is 5.32 Å². The Balaban J connectivity index is 0.00000341. The molecule has 0 saturated heterocycles. The zero-order chi connectivity index (χ0) is 21.7. The number of carbonyl (C=O) groups is 2. The molecule has 3 N–H and O–H groups in total. The van der Waals surface area contributed by atoms with Gasteiger partial charge in [-0.2, -0.15) is 4.39 Å². The molecular weight excluding hydrogens is 425 g/mol. The smallest absolute Gasteiger partial charge is 0.407 e. The molecule has 3 rings (SSSR count). The summed E-state index contributed by atoms with van der Waals surface area (Å²) >= 11 is 0. The minimum atomic E-state index is -0.588. The van der Waals surface area contributed by atoms with E-state index in [1.54, 1.807) is 12.3 Å². The third-order valence-corrected chi connectivity index (χ3v) is 4.54. The number of hydrogen-bond acceptors (Lipinski definition) is 5. The van der Waals surface area contributed by atoms with Gasteiger partial charge in [-0.1, -0.05) is 12.1 Å². The van der Waals surface area contributed by atoms with Crippen molar-refractivity contribution in [2.24, 2.45) is 0 Å². The normalized spacial score (nSPS) is 10.2. The number of hydrogen-bond donors (Lipinski definition) is 3. The summed E-state index contributed by atoms with van der Waals surface area (Å²) in [4.78, 5) is 31.4. The fourth-order valence-electron chi connectivity index (χ4n) is 3.10. The molecule has 0 aliphatic rings. The maximum Gasteiger partial charge on any atom is 0.407 e. The van der Waals surface area contributed by atoms with E-state index in [2.05, 4.69) is 30.7 Å². The van der Waals surface area contributed by atoms with Crippen LogP contribution in [0.25, 0.3) is 21.9 Å². The van der Waals surface area contributed by atoms with Gasteiger partial charge in [0.1, 0.15) is 5.82 Å². The van der Waals surface area contributed by atoms with Crippen LogP contribution in [0, 0.1) is 12.9 Å². The van der Waals surface area contributed by atoms with Gasteiger partial charge in [0.05, 0.1) is 7.11 Å². The Morgan fingerprint density at radius 2 is 1.84 bits per heavy atom. The predicted molar refractivity (Wildman–Crippen MR) is 119 cm³/mol. The number of halogens is 2. The van der Waals surface area contributed by atoms with E-state index < -0.39 is 12.0 Å². The number of aromatic nitrogens is 2. The first-order chi connectivity index (χ1) is 14.4. The van der Waals surface area contributed by atoms with Crippen molar-refractivity contribution in [1.29, 1.82) is 0 Å². The highest BCUT2D eigenvalue weighted by molar-refractivity contribution is 6.01. The second kappa shape index (κ2) is 10.5. The number of anilines is 1. The quantitative estimate of drug-likeness (QED) is 0.509. The van der Waals surface area contributed by atoms with Crippen molar-refractivity contribution in [3.63, 3.8) is 0 Å². The monoisotopic (exact) mass is 447 g/mol. The Labute approximate surface area is 185 Å². The minimum absolute atomic E-state index is 0. The second-order valence-electron chi connectivity index (χ2n) is 6.54. The van der Waals surface area contributed by atoms with Crippen LogP contribution >= 0.6 is 12.4 Å². The molecule has 10 heteroatoms. The van der Waals surface area contributed by atoms with E-state index in [0.29, 0.717) is 17.9 Å². The fraction of sp³-hybridized carbons (Fsp3) is 0.238. The number of urea groups is 1. The van der Waals surface area contributed by atoms with Gasteiger partial charge in [-0.25, -0.2) is 19.6 Å². The molecule has 0 aliphatic carbocycles. The highest BCUT2D eigenvalue weighted by atomic mass is 35.5. The standard InChI is InChI=1S/C21H22FN5O3.ClH/c1-4-23-20(28)27-19-8-16-14(15-7-18(22)24-9-12(15)2)6-5-13(17(16)11-25-19)10-26-21(29)30-3;/h5-9,11H,4,10H2,1-3H3,(H,26,29)(H2,23,25,27,28);1H. The van der Waals surface area contributed by atoms with E-state index in [1.807, 2.05) is 26.0 Å². The number of carbonyl (C=O) groups excluding carboxylic acids is 2. The Morgan fingerprint density at radius 3 is 2.55 bits per heavy atom. The summed E-state index contributed by atoms with van der Waals surface area (Å²) in [6, 6.07) is 6.39. The van der Waals surface area contributed by atoms with Gasteiger partial charge in [0.2, 0.25) is 5.95 Å². The van der Waals surface area contributed by atoms with E-state index in [-0.39, 0.29) is 25.0 Å². The zero-order valence-electron chi connectivity index (χ0n) is 17.3. The summed E-state index contributed by atoms with van der Waals surface area (Å²) in [5, 5.41) is 9.47. The highest BCUT2D eigenvalue weighted by Crippen LogP contribution is 2.33. The maximum absolute atomic E-state index is 13.8. The first-order valence-corrected chi connectivity index (χ1v) is 9.33. The highest BCUT2D eigenvalue weighted by Gasteiger charge is 2.14. The number of alkyl carbamates (subject to hydrolysis) is 1. The van der Waals surface area contributed by atoms with Crippen molar-refractivity contribution in [2.45, 2.75) is 20.4 Å². The molecule has 0 unspecified atom stereocenters. The lowest BCUT2D eigenvalue weighted by atomic mass is 9.94. The largest absolute Gasteiger partial charge is 0.453 e. The number of aryl methyl sites for hydroxylation is 1. The van der Waals surface area contributed by atoms with Crippen molar-refractivity contribution >= 4 is 41.1 Å². The third-order valence-electron chi connectivity index (χ3n) is 4.54. The average Bonchev–Trinajstić information content (AvgIpc) is 2.73. The Morgan fingerprint density at radius 1 is 1.06 bits per heavy atom. The van der Waals surface area contributed by atoms with Gasteiger partial charge in [-0.05, 0) is 47.6 Å². The first kappa shape index (κ1) is 23.8. The summed E-state index contributed by atoms with van der Waals surface area (Å²) in [6.07, 6.45) is 2.53. The molecule has 0 atom stereocenters. The van der Waals surface area contributed by atoms with Crippen molar-refractivity contribution < 1.29 is 18.7 Å². The average molecular weight is 448 g/mol. The van der Waals surface area contributed by atoms with Crippen LogP contribution in [0.2, 0.25) is 0 Å². The number of nitrogens with one attached hydrogen (secondary N) is 3.